The minimum atomic E-state index is 0.386. The largest absolute Gasteiger partial charge is 0.365 e. The van der Waals surface area contributed by atoms with E-state index in [1.807, 2.05) is 6.08 Å². The summed E-state index contributed by atoms with van der Waals surface area (Å²) in [6.07, 6.45) is 9.41. The smallest absolute Gasteiger partial charge is 0.102 e. The summed E-state index contributed by atoms with van der Waals surface area (Å²) in [7, 11) is 0. The zero-order valence-electron chi connectivity index (χ0n) is 7.38. The molecule has 0 aromatic carbocycles. The van der Waals surface area contributed by atoms with Gasteiger partial charge in [0.15, 0.2) is 0 Å². The second kappa shape index (κ2) is 4.55. The molecule has 11 heavy (non-hydrogen) atoms. The third-order valence-electron chi connectivity index (χ3n) is 2.20. The molecule has 2 atom stereocenters. The summed E-state index contributed by atoms with van der Waals surface area (Å²) in [5.41, 5.74) is 0. The highest BCUT2D eigenvalue weighted by Gasteiger charge is 2.34. The molecule has 1 heteroatoms. The molecule has 0 unspecified atom stereocenters. The van der Waals surface area contributed by atoms with Crippen LogP contribution in [0.1, 0.15) is 39.0 Å². The van der Waals surface area contributed by atoms with E-state index < -0.39 is 0 Å². The van der Waals surface area contributed by atoms with Crippen molar-refractivity contribution in [1.82, 2.24) is 0 Å². The van der Waals surface area contributed by atoms with Crippen molar-refractivity contribution in [3.63, 3.8) is 0 Å². The number of hydrogen-bond donors (Lipinski definition) is 0. The molecular weight excluding hydrogens is 136 g/mol. The van der Waals surface area contributed by atoms with Crippen LogP contribution in [-0.4, -0.2) is 12.2 Å². The first kappa shape index (κ1) is 8.79. The third-order valence-corrected chi connectivity index (χ3v) is 2.20. The van der Waals surface area contributed by atoms with Crippen LogP contribution in [0.25, 0.3) is 0 Å². The van der Waals surface area contributed by atoms with E-state index in [9.17, 15) is 0 Å². The van der Waals surface area contributed by atoms with Crippen molar-refractivity contribution in [2.24, 2.45) is 0 Å². The molecule has 1 rings (SSSR count). The van der Waals surface area contributed by atoms with Crippen LogP contribution < -0.4 is 0 Å². The predicted molar refractivity (Wildman–Crippen MR) is 47.6 cm³/mol. The van der Waals surface area contributed by atoms with Gasteiger partial charge < -0.3 is 4.74 Å². The normalized spacial score (nSPS) is 28.5. The topological polar surface area (TPSA) is 12.5 Å². The summed E-state index contributed by atoms with van der Waals surface area (Å²) >= 11 is 0. The first-order chi connectivity index (χ1) is 5.38. The van der Waals surface area contributed by atoms with Gasteiger partial charge in [0, 0.05) is 0 Å². The van der Waals surface area contributed by atoms with Crippen molar-refractivity contribution in [3.8, 4) is 0 Å². The summed E-state index contributed by atoms with van der Waals surface area (Å²) in [4.78, 5) is 0. The molecule has 0 aromatic heterocycles. The Bertz CT molecular complexity index is 120. The third kappa shape index (κ3) is 3.06. The maximum atomic E-state index is 5.33. The Kier molecular flexibility index (Phi) is 3.64. The molecule has 1 fully saturated rings. The lowest BCUT2D eigenvalue weighted by atomic mass is 10.1. The van der Waals surface area contributed by atoms with Crippen molar-refractivity contribution in [2.45, 2.75) is 51.2 Å². The Labute approximate surface area is 69.4 Å². The lowest BCUT2D eigenvalue weighted by Gasteiger charge is -1.94. The zero-order chi connectivity index (χ0) is 8.10. The Balaban J connectivity index is 1.85. The van der Waals surface area contributed by atoms with E-state index in [0.29, 0.717) is 12.2 Å². The van der Waals surface area contributed by atoms with Gasteiger partial charge >= 0.3 is 0 Å². The van der Waals surface area contributed by atoms with E-state index >= 15 is 0 Å². The lowest BCUT2D eigenvalue weighted by molar-refractivity contribution is 0.373. The van der Waals surface area contributed by atoms with Crippen LogP contribution in [0, 0.1) is 0 Å². The number of unbranched alkanes of at least 4 members (excludes halogenated alkanes) is 3. The average molecular weight is 154 g/mol. The molecule has 0 radical (unpaired) electrons. The van der Waals surface area contributed by atoms with Gasteiger partial charge in [0.05, 0.1) is 6.10 Å². The van der Waals surface area contributed by atoms with E-state index in [2.05, 4.69) is 13.5 Å². The summed E-state index contributed by atoms with van der Waals surface area (Å²) in [5.74, 6) is 0. The molecule has 0 N–H and O–H groups in total. The monoisotopic (exact) mass is 154 g/mol. The van der Waals surface area contributed by atoms with E-state index in [0.717, 1.165) is 0 Å². The van der Waals surface area contributed by atoms with E-state index in [1.165, 1.54) is 32.1 Å². The lowest BCUT2D eigenvalue weighted by Crippen LogP contribution is -1.89. The maximum Gasteiger partial charge on any atom is 0.102 e. The fourth-order valence-electron chi connectivity index (χ4n) is 1.37. The molecule has 1 aliphatic heterocycles. The molecular formula is C10H18O. The SMILES string of the molecule is C=C[C@@H]1O[C@@H]1CCCCCC. The van der Waals surface area contributed by atoms with Gasteiger partial charge in [-0.1, -0.05) is 38.7 Å². The van der Waals surface area contributed by atoms with Gasteiger partial charge in [-0.15, -0.1) is 6.58 Å². The van der Waals surface area contributed by atoms with Crippen LogP contribution in [0.4, 0.5) is 0 Å². The zero-order valence-corrected chi connectivity index (χ0v) is 7.38. The van der Waals surface area contributed by atoms with E-state index in [-0.39, 0.29) is 0 Å². The molecule has 0 amide bonds. The molecule has 0 spiro atoms. The number of hydrogen-bond acceptors (Lipinski definition) is 1. The van der Waals surface area contributed by atoms with Crippen LogP contribution >= 0.6 is 0 Å². The molecule has 1 aliphatic rings. The summed E-state index contributed by atoms with van der Waals surface area (Å²) in [6, 6.07) is 0. The van der Waals surface area contributed by atoms with Gasteiger partial charge in [-0.25, -0.2) is 0 Å². The maximum absolute atomic E-state index is 5.33. The molecule has 1 saturated heterocycles. The quantitative estimate of drug-likeness (QED) is 0.325. The molecule has 64 valence electrons. The van der Waals surface area contributed by atoms with E-state index in [4.69, 9.17) is 4.74 Å². The van der Waals surface area contributed by atoms with Crippen LogP contribution in [-0.2, 0) is 4.74 Å². The highest BCUT2D eigenvalue weighted by atomic mass is 16.6. The summed E-state index contributed by atoms with van der Waals surface area (Å²) in [5, 5.41) is 0. The Morgan fingerprint density at radius 1 is 1.36 bits per heavy atom. The minimum Gasteiger partial charge on any atom is -0.365 e. The highest BCUT2D eigenvalue weighted by Crippen LogP contribution is 2.27. The molecule has 0 bridgehead atoms. The summed E-state index contributed by atoms with van der Waals surface area (Å²) in [6.45, 7) is 5.93. The van der Waals surface area contributed by atoms with Crippen LogP contribution in [0.5, 0.6) is 0 Å². The molecule has 0 aromatic rings. The molecule has 0 saturated carbocycles. The van der Waals surface area contributed by atoms with Gasteiger partial charge in [-0.2, -0.15) is 0 Å². The number of ether oxygens (including phenoxy) is 1. The van der Waals surface area contributed by atoms with Crippen LogP contribution in [0.2, 0.25) is 0 Å². The van der Waals surface area contributed by atoms with Crippen LogP contribution in [0.15, 0.2) is 12.7 Å². The van der Waals surface area contributed by atoms with E-state index in [1.54, 1.807) is 0 Å². The van der Waals surface area contributed by atoms with Gasteiger partial charge in [-0.3, -0.25) is 0 Å². The Morgan fingerprint density at radius 2 is 2.18 bits per heavy atom. The minimum absolute atomic E-state index is 0.386. The first-order valence-corrected chi connectivity index (χ1v) is 4.66. The number of epoxide rings is 1. The standard InChI is InChI=1S/C10H18O/c1-3-5-6-7-8-10-9(4-2)11-10/h4,9-10H,2-3,5-8H2,1H3/t9-,10+/m0/s1. The second-order valence-electron chi connectivity index (χ2n) is 3.22. The Morgan fingerprint density at radius 3 is 2.73 bits per heavy atom. The fraction of sp³-hybridized carbons (Fsp3) is 0.800. The molecule has 0 aliphatic carbocycles. The van der Waals surface area contributed by atoms with Crippen molar-refractivity contribution in [1.29, 1.82) is 0 Å². The van der Waals surface area contributed by atoms with Gasteiger partial charge in [0.25, 0.3) is 0 Å². The molecule has 1 nitrogen and oxygen atoms in total. The Hall–Kier alpha value is -0.300. The van der Waals surface area contributed by atoms with Crippen molar-refractivity contribution in [3.05, 3.63) is 12.7 Å². The average Bonchev–Trinajstić information content (AvgIpc) is 2.77. The highest BCUT2D eigenvalue weighted by molar-refractivity contribution is 4.97. The van der Waals surface area contributed by atoms with Crippen LogP contribution in [0.3, 0.4) is 0 Å². The fourth-order valence-corrected chi connectivity index (χ4v) is 1.37. The first-order valence-electron chi connectivity index (χ1n) is 4.66. The van der Waals surface area contributed by atoms with Gasteiger partial charge in [0.1, 0.15) is 6.10 Å². The number of rotatable bonds is 6. The predicted octanol–water partition coefficient (Wildman–Crippen LogP) is 2.91. The van der Waals surface area contributed by atoms with Gasteiger partial charge in [0.2, 0.25) is 0 Å². The second-order valence-corrected chi connectivity index (χ2v) is 3.22. The molecule has 1 heterocycles. The van der Waals surface area contributed by atoms with Crippen molar-refractivity contribution >= 4 is 0 Å². The van der Waals surface area contributed by atoms with Crippen molar-refractivity contribution < 1.29 is 4.74 Å². The summed E-state index contributed by atoms with van der Waals surface area (Å²) < 4.78 is 5.33. The van der Waals surface area contributed by atoms with Gasteiger partial charge in [-0.05, 0) is 6.42 Å². The van der Waals surface area contributed by atoms with Crippen molar-refractivity contribution in [2.75, 3.05) is 0 Å².